The summed E-state index contributed by atoms with van der Waals surface area (Å²) in [6.45, 7) is 5.30. The Hall–Kier alpha value is -2.70. The fourth-order valence-corrected chi connectivity index (χ4v) is 3.63. The summed E-state index contributed by atoms with van der Waals surface area (Å²) in [5.41, 5.74) is 3.22. The van der Waals surface area contributed by atoms with E-state index in [0.717, 1.165) is 44.0 Å². The molecule has 0 spiro atoms. The van der Waals surface area contributed by atoms with Crippen LogP contribution in [0.25, 0.3) is 0 Å². The average molecular weight is 379 g/mol. The van der Waals surface area contributed by atoms with Crippen molar-refractivity contribution in [3.05, 3.63) is 71.3 Å². The maximum absolute atomic E-state index is 12.7. The molecule has 6 heteroatoms. The summed E-state index contributed by atoms with van der Waals surface area (Å²) in [5.74, 6) is -0.140. The molecule has 0 N–H and O–H groups in total. The molecule has 2 fully saturated rings. The zero-order valence-electron chi connectivity index (χ0n) is 15.9. The van der Waals surface area contributed by atoms with Gasteiger partial charge in [0.15, 0.2) is 0 Å². The highest BCUT2D eigenvalue weighted by Crippen LogP contribution is 2.18. The zero-order valence-corrected chi connectivity index (χ0v) is 15.9. The molecule has 4 rings (SSSR count). The van der Waals surface area contributed by atoms with Crippen molar-refractivity contribution >= 4 is 11.9 Å². The Bertz CT molecular complexity index is 817. The Labute approximate surface area is 165 Å². The molecule has 0 saturated carbocycles. The molecular formula is C22H25N3O3. The van der Waals surface area contributed by atoms with Crippen molar-refractivity contribution in [3.8, 4) is 0 Å². The largest absolute Gasteiger partial charge is 0.379 e. The van der Waals surface area contributed by atoms with E-state index < -0.39 is 0 Å². The molecule has 28 heavy (non-hydrogen) atoms. The van der Waals surface area contributed by atoms with Crippen LogP contribution in [0.3, 0.4) is 0 Å². The number of imide groups is 1. The SMILES string of the molecule is O=C1CN(Cc2ccccc2)C(=O)N1Cc1ccc(CN2CCOCC2)cc1. The van der Waals surface area contributed by atoms with E-state index in [-0.39, 0.29) is 18.5 Å². The summed E-state index contributed by atoms with van der Waals surface area (Å²) >= 11 is 0. The van der Waals surface area contributed by atoms with Crippen LogP contribution < -0.4 is 0 Å². The van der Waals surface area contributed by atoms with Crippen molar-refractivity contribution in [3.63, 3.8) is 0 Å². The number of amides is 3. The van der Waals surface area contributed by atoms with E-state index in [9.17, 15) is 9.59 Å². The molecular weight excluding hydrogens is 354 g/mol. The van der Waals surface area contributed by atoms with E-state index in [1.807, 2.05) is 42.5 Å². The van der Waals surface area contributed by atoms with Gasteiger partial charge in [0.1, 0.15) is 6.54 Å². The smallest absolute Gasteiger partial charge is 0.327 e. The number of urea groups is 1. The lowest BCUT2D eigenvalue weighted by Gasteiger charge is -2.26. The Balaban J connectivity index is 1.35. The van der Waals surface area contributed by atoms with Crippen LogP contribution >= 0.6 is 0 Å². The number of carbonyl (C=O) groups excluding carboxylic acids is 2. The predicted molar refractivity (Wildman–Crippen MR) is 105 cm³/mol. The first kappa shape index (κ1) is 18.7. The van der Waals surface area contributed by atoms with Crippen LogP contribution in [0, 0.1) is 0 Å². The van der Waals surface area contributed by atoms with Crippen molar-refractivity contribution < 1.29 is 14.3 Å². The molecule has 2 saturated heterocycles. The first-order valence-electron chi connectivity index (χ1n) is 9.70. The van der Waals surface area contributed by atoms with Gasteiger partial charge in [0, 0.05) is 26.2 Å². The summed E-state index contributed by atoms with van der Waals surface area (Å²) in [5, 5.41) is 0. The Morgan fingerprint density at radius 2 is 1.36 bits per heavy atom. The molecule has 0 aromatic heterocycles. The molecule has 3 amide bonds. The first-order chi connectivity index (χ1) is 13.7. The number of ether oxygens (including phenoxy) is 1. The third-order valence-electron chi connectivity index (χ3n) is 5.22. The van der Waals surface area contributed by atoms with Gasteiger partial charge in [-0.3, -0.25) is 14.6 Å². The van der Waals surface area contributed by atoms with Crippen LogP contribution in [-0.2, 0) is 29.2 Å². The van der Waals surface area contributed by atoms with Crippen LogP contribution in [0.5, 0.6) is 0 Å². The van der Waals surface area contributed by atoms with Gasteiger partial charge in [0.25, 0.3) is 5.91 Å². The van der Waals surface area contributed by atoms with Crippen LogP contribution in [0.1, 0.15) is 16.7 Å². The van der Waals surface area contributed by atoms with Crippen LogP contribution in [0.4, 0.5) is 4.79 Å². The van der Waals surface area contributed by atoms with Crippen LogP contribution in [0.2, 0.25) is 0 Å². The average Bonchev–Trinajstić information content (AvgIpc) is 2.98. The van der Waals surface area contributed by atoms with E-state index in [2.05, 4.69) is 17.0 Å². The Morgan fingerprint density at radius 3 is 2.04 bits per heavy atom. The molecule has 2 aliphatic rings. The van der Waals surface area contributed by atoms with E-state index in [4.69, 9.17) is 4.74 Å². The highest BCUT2D eigenvalue weighted by molar-refractivity contribution is 6.01. The van der Waals surface area contributed by atoms with Crippen molar-refractivity contribution in [2.75, 3.05) is 32.8 Å². The third-order valence-corrected chi connectivity index (χ3v) is 5.22. The number of hydrogen-bond acceptors (Lipinski definition) is 4. The number of carbonyl (C=O) groups is 2. The Morgan fingerprint density at radius 1 is 0.750 bits per heavy atom. The van der Waals surface area contributed by atoms with Crippen molar-refractivity contribution in [1.82, 2.24) is 14.7 Å². The maximum atomic E-state index is 12.7. The lowest BCUT2D eigenvalue weighted by Crippen LogP contribution is -2.35. The predicted octanol–water partition coefficient (Wildman–Crippen LogP) is 2.48. The molecule has 2 aromatic carbocycles. The summed E-state index contributed by atoms with van der Waals surface area (Å²) < 4.78 is 5.38. The molecule has 0 aliphatic carbocycles. The van der Waals surface area contributed by atoms with Crippen LogP contribution in [0.15, 0.2) is 54.6 Å². The topological polar surface area (TPSA) is 53.1 Å². The van der Waals surface area contributed by atoms with E-state index >= 15 is 0 Å². The van der Waals surface area contributed by atoms with Gasteiger partial charge < -0.3 is 9.64 Å². The quantitative estimate of drug-likeness (QED) is 0.724. The molecule has 0 unspecified atom stereocenters. The van der Waals surface area contributed by atoms with Crippen molar-refractivity contribution in [2.24, 2.45) is 0 Å². The second-order valence-electron chi connectivity index (χ2n) is 7.31. The second-order valence-corrected chi connectivity index (χ2v) is 7.31. The number of rotatable bonds is 6. The molecule has 146 valence electrons. The van der Waals surface area contributed by atoms with Gasteiger partial charge >= 0.3 is 6.03 Å². The minimum absolute atomic E-state index is 0.140. The second kappa shape index (κ2) is 8.54. The molecule has 0 radical (unpaired) electrons. The highest BCUT2D eigenvalue weighted by atomic mass is 16.5. The number of benzene rings is 2. The standard InChI is InChI=1S/C22H25N3O3/c26-21-17-24(15-18-4-2-1-3-5-18)22(27)25(21)16-20-8-6-19(7-9-20)14-23-10-12-28-13-11-23/h1-9H,10-17H2. The summed E-state index contributed by atoms with van der Waals surface area (Å²) in [6.07, 6.45) is 0. The zero-order chi connectivity index (χ0) is 19.3. The van der Waals surface area contributed by atoms with Gasteiger partial charge in [-0.25, -0.2) is 4.79 Å². The fraction of sp³-hybridized carbons (Fsp3) is 0.364. The van der Waals surface area contributed by atoms with E-state index in [0.29, 0.717) is 13.1 Å². The fourth-order valence-electron chi connectivity index (χ4n) is 3.63. The first-order valence-corrected chi connectivity index (χ1v) is 9.70. The summed E-state index contributed by atoms with van der Waals surface area (Å²) in [6, 6.07) is 17.7. The van der Waals surface area contributed by atoms with Gasteiger partial charge in [-0.1, -0.05) is 54.6 Å². The van der Waals surface area contributed by atoms with Crippen molar-refractivity contribution in [1.29, 1.82) is 0 Å². The van der Waals surface area contributed by atoms with E-state index in [1.54, 1.807) is 4.90 Å². The molecule has 0 bridgehead atoms. The number of hydrogen-bond donors (Lipinski definition) is 0. The number of morpholine rings is 1. The van der Waals surface area contributed by atoms with Gasteiger partial charge in [-0.05, 0) is 16.7 Å². The minimum Gasteiger partial charge on any atom is -0.379 e. The van der Waals surface area contributed by atoms with Crippen LogP contribution in [-0.4, -0.2) is 59.5 Å². The van der Waals surface area contributed by atoms with Gasteiger partial charge in [0.2, 0.25) is 0 Å². The molecule has 2 heterocycles. The van der Waals surface area contributed by atoms with Gasteiger partial charge in [-0.15, -0.1) is 0 Å². The molecule has 2 aromatic rings. The number of nitrogens with zero attached hydrogens (tertiary/aromatic N) is 3. The summed E-state index contributed by atoms with van der Waals surface area (Å²) in [4.78, 5) is 30.3. The lowest BCUT2D eigenvalue weighted by atomic mass is 10.1. The maximum Gasteiger partial charge on any atom is 0.327 e. The molecule has 6 nitrogen and oxygen atoms in total. The highest BCUT2D eigenvalue weighted by Gasteiger charge is 2.35. The van der Waals surface area contributed by atoms with E-state index in [1.165, 1.54) is 10.5 Å². The molecule has 0 atom stereocenters. The normalized spacial score (nSPS) is 18.1. The summed E-state index contributed by atoms with van der Waals surface area (Å²) in [7, 11) is 0. The van der Waals surface area contributed by atoms with Crippen molar-refractivity contribution in [2.45, 2.75) is 19.6 Å². The third kappa shape index (κ3) is 4.40. The van der Waals surface area contributed by atoms with Gasteiger partial charge in [-0.2, -0.15) is 0 Å². The Kier molecular flexibility index (Phi) is 5.69. The lowest BCUT2D eigenvalue weighted by molar-refractivity contribution is -0.125. The molecule has 2 aliphatic heterocycles. The monoisotopic (exact) mass is 379 g/mol. The van der Waals surface area contributed by atoms with Gasteiger partial charge in [0.05, 0.1) is 19.8 Å². The minimum atomic E-state index is -0.216.